The highest BCUT2D eigenvalue weighted by molar-refractivity contribution is 7.89. The van der Waals surface area contributed by atoms with Crippen molar-refractivity contribution < 1.29 is 26.4 Å². The molecule has 0 fully saturated rings. The maximum atomic E-state index is 12.8. The van der Waals surface area contributed by atoms with Crippen LogP contribution in [0.15, 0.2) is 47.4 Å². The maximum Gasteiger partial charge on any atom is 0.416 e. The van der Waals surface area contributed by atoms with E-state index in [-0.39, 0.29) is 27.1 Å². The number of hydrogen-bond donors (Lipinski definition) is 2. The molecule has 27 heavy (non-hydrogen) atoms. The summed E-state index contributed by atoms with van der Waals surface area (Å²) in [6.45, 7) is 1.66. The lowest BCUT2D eigenvalue weighted by Gasteiger charge is -2.12. The molecule has 0 saturated carbocycles. The zero-order valence-electron chi connectivity index (χ0n) is 14.3. The Labute approximate surface area is 160 Å². The van der Waals surface area contributed by atoms with E-state index in [9.17, 15) is 26.4 Å². The first kappa shape index (κ1) is 21.3. The van der Waals surface area contributed by atoms with Gasteiger partial charge in [0.1, 0.15) is 7.85 Å². The Morgan fingerprint density at radius 3 is 2.26 bits per heavy atom. The van der Waals surface area contributed by atoms with Gasteiger partial charge in [-0.2, -0.15) is 13.2 Å². The minimum Gasteiger partial charge on any atom is -0.321 e. The number of halogens is 4. The van der Waals surface area contributed by atoms with Gasteiger partial charge in [-0.15, -0.1) is 0 Å². The summed E-state index contributed by atoms with van der Waals surface area (Å²) in [5.74, 6) is -1.03. The molecular formula is C16H15BClF3N2O3S. The molecule has 0 spiro atoms. The number of carbonyl (C=O) groups excluding carboxylic acids is 1. The van der Waals surface area contributed by atoms with E-state index in [2.05, 4.69) is 10.0 Å². The van der Waals surface area contributed by atoms with Gasteiger partial charge in [0.25, 0.3) is 5.91 Å². The fourth-order valence-electron chi connectivity index (χ4n) is 2.16. The Morgan fingerprint density at radius 2 is 1.74 bits per heavy atom. The van der Waals surface area contributed by atoms with Gasteiger partial charge in [0.15, 0.2) is 0 Å². The largest absolute Gasteiger partial charge is 0.416 e. The summed E-state index contributed by atoms with van der Waals surface area (Å²) >= 11 is 5.84. The van der Waals surface area contributed by atoms with Gasteiger partial charge < -0.3 is 5.32 Å². The van der Waals surface area contributed by atoms with Crippen molar-refractivity contribution >= 4 is 41.1 Å². The van der Waals surface area contributed by atoms with Crippen molar-refractivity contribution in [2.45, 2.75) is 23.9 Å². The average molecular weight is 419 g/mol. The lowest BCUT2D eigenvalue weighted by Crippen LogP contribution is -2.32. The molecule has 11 heteroatoms. The van der Waals surface area contributed by atoms with Crippen LogP contribution in [0, 0.1) is 0 Å². The normalized spacial score (nSPS) is 13.2. The first-order valence-electron chi connectivity index (χ1n) is 7.70. The van der Waals surface area contributed by atoms with Gasteiger partial charge >= 0.3 is 6.18 Å². The van der Waals surface area contributed by atoms with Crippen LogP contribution in [0.25, 0.3) is 0 Å². The molecule has 2 N–H and O–H groups in total. The summed E-state index contributed by atoms with van der Waals surface area (Å²) in [4.78, 5) is 12.2. The molecule has 0 aliphatic rings. The predicted octanol–water partition coefficient (Wildman–Crippen LogP) is 2.87. The molecule has 0 saturated heterocycles. The van der Waals surface area contributed by atoms with E-state index < -0.39 is 27.7 Å². The topological polar surface area (TPSA) is 75.3 Å². The van der Waals surface area contributed by atoms with Crippen LogP contribution in [-0.4, -0.2) is 28.1 Å². The minimum absolute atomic E-state index is 0.0372. The molecule has 2 rings (SSSR count). The molecule has 1 amide bonds. The SMILES string of the molecule is BC(C)NS(=O)(=O)c1ccc(C(=O)Nc2cc(C(F)(F)F)ccc2Cl)cc1. The van der Waals surface area contributed by atoms with E-state index in [4.69, 9.17) is 11.6 Å². The highest BCUT2D eigenvalue weighted by atomic mass is 35.5. The van der Waals surface area contributed by atoms with Crippen molar-refractivity contribution in [2.24, 2.45) is 0 Å². The number of nitrogens with one attached hydrogen (secondary N) is 2. The van der Waals surface area contributed by atoms with Crippen LogP contribution in [0.1, 0.15) is 22.8 Å². The monoisotopic (exact) mass is 418 g/mol. The van der Waals surface area contributed by atoms with Crippen molar-refractivity contribution in [3.05, 3.63) is 58.6 Å². The van der Waals surface area contributed by atoms with Crippen LogP contribution in [0.4, 0.5) is 18.9 Å². The number of alkyl halides is 3. The highest BCUT2D eigenvalue weighted by Crippen LogP contribution is 2.34. The van der Waals surface area contributed by atoms with Crippen molar-refractivity contribution in [3.63, 3.8) is 0 Å². The predicted molar refractivity (Wildman–Crippen MR) is 99.2 cm³/mol. The smallest absolute Gasteiger partial charge is 0.321 e. The number of amides is 1. The highest BCUT2D eigenvalue weighted by Gasteiger charge is 2.31. The first-order chi connectivity index (χ1) is 12.4. The molecule has 0 aliphatic heterocycles. The zero-order chi connectivity index (χ0) is 20.4. The first-order valence-corrected chi connectivity index (χ1v) is 9.57. The van der Waals surface area contributed by atoms with E-state index in [0.29, 0.717) is 0 Å². The summed E-state index contributed by atoms with van der Waals surface area (Å²) in [6, 6.07) is 7.54. The Balaban J connectivity index is 2.22. The van der Waals surface area contributed by atoms with Crippen LogP contribution in [0.2, 0.25) is 5.02 Å². The third kappa shape index (κ3) is 5.47. The van der Waals surface area contributed by atoms with E-state index in [0.717, 1.165) is 18.2 Å². The summed E-state index contributed by atoms with van der Waals surface area (Å²) in [5, 5.41) is 2.23. The number of hydrogen-bond acceptors (Lipinski definition) is 3. The lowest BCUT2D eigenvalue weighted by atomic mass is 10.0. The molecule has 1 atom stereocenters. The van der Waals surface area contributed by atoms with Gasteiger partial charge in [-0.05, 0) is 48.4 Å². The number of carbonyl (C=O) groups is 1. The second-order valence-corrected chi connectivity index (χ2v) is 8.07. The molecular weight excluding hydrogens is 404 g/mol. The number of anilines is 1. The quantitative estimate of drug-likeness (QED) is 0.733. The van der Waals surface area contributed by atoms with Crippen molar-refractivity contribution in [1.29, 1.82) is 0 Å². The van der Waals surface area contributed by atoms with Crippen LogP contribution < -0.4 is 10.0 Å². The molecule has 0 heterocycles. The Kier molecular flexibility index (Phi) is 6.23. The Bertz CT molecular complexity index is 948. The number of rotatable bonds is 5. The van der Waals surface area contributed by atoms with Gasteiger partial charge in [0.2, 0.25) is 10.0 Å². The molecule has 0 aromatic heterocycles. The molecule has 2 aromatic rings. The number of sulfonamides is 1. The van der Waals surface area contributed by atoms with Crippen LogP contribution in [-0.2, 0) is 16.2 Å². The van der Waals surface area contributed by atoms with E-state index in [1.165, 1.54) is 24.3 Å². The van der Waals surface area contributed by atoms with Gasteiger partial charge in [0, 0.05) is 5.56 Å². The summed E-state index contributed by atoms with van der Waals surface area (Å²) in [7, 11) is -2.05. The second kappa shape index (κ2) is 7.91. The Morgan fingerprint density at radius 1 is 1.15 bits per heavy atom. The van der Waals surface area contributed by atoms with Crippen molar-refractivity contribution in [2.75, 3.05) is 5.32 Å². The molecule has 0 radical (unpaired) electrons. The van der Waals surface area contributed by atoms with Gasteiger partial charge in [-0.25, -0.2) is 13.1 Å². The standard InChI is InChI=1S/C16H15BClF3N2O3S/c1-9(17)23-27(25,26)12-5-2-10(3-6-12)15(24)22-14-8-11(16(19,20)21)4-7-13(14)18/h2-9,23H,17H2,1H3,(H,22,24). The zero-order valence-corrected chi connectivity index (χ0v) is 15.8. The van der Waals surface area contributed by atoms with E-state index in [1.807, 2.05) is 0 Å². The molecule has 144 valence electrons. The molecule has 5 nitrogen and oxygen atoms in total. The molecule has 0 aliphatic carbocycles. The van der Waals surface area contributed by atoms with Crippen molar-refractivity contribution in [1.82, 2.24) is 4.72 Å². The Hall–Kier alpha value is -2.04. The molecule has 1 unspecified atom stereocenters. The maximum absolute atomic E-state index is 12.8. The van der Waals surface area contributed by atoms with Crippen LogP contribution in [0.5, 0.6) is 0 Å². The average Bonchev–Trinajstić information content (AvgIpc) is 2.54. The van der Waals surface area contributed by atoms with Gasteiger partial charge in [-0.1, -0.05) is 18.5 Å². The molecule has 2 aromatic carbocycles. The summed E-state index contributed by atoms with van der Waals surface area (Å²) in [5.41, 5.74) is -1.09. The fraction of sp³-hybridized carbons (Fsp3) is 0.188. The number of benzene rings is 2. The van der Waals surface area contributed by atoms with E-state index >= 15 is 0 Å². The third-order valence-electron chi connectivity index (χ3n) is 3.36. The second-order valence-electron chi connectivity index (χ2n) is 5.95. The van der Waals surface area contributed by atoms with Crippen LogP contribution >= 0.6 is 11.6 Å². The fourth-order valence-corrected chi connectivity index (χ4v) is 3.57. The van der Waals surface area contributed by atoms with Gasteiger partial charge in [0.05, 0.1) is 21.2 Å². The molecule has 0 bridgehead atoms. The lowest BCUT2D eigenvalue weighted by molar-refractivity contribution is -0.137. The van der Waals surface area contributed by atoms with Crippen molar-refractivity contribution in [3.8, 4) is 0 Å². The van der Waals surface area contributed by atoms with E-state index in [1.54, 1.807) is 14.8 Å². The minimum atomic E-state index is -4.58. The van der Waals surface area contributed by atoms with Crippen LogP contribution in [0.3, 0.4) is 0 Å². The van der Waals surface area contributed by atoms with Gasteiger partial charge in [-0.3, -0.25) is 4.79 Å². The summed E-state index contributed by atoms with van der Waals surface area (Å²) < 4.78 is 64.9. The summed E-state index contributed by atoms with van der Waals surface area (Å²) in [6.07, 6.45) is -4.58. The third-order valence-corrected chi connectivity index (χ3v) is 5.36.